The van der Waals surface area contributed by atoms with Gasteiger partial charge in [-0.15, -0.1) is 0 Å². The van der Waals surface area contributed by atoms with Gasteiger partial charge in [-0.3, -0.25) is 9.79 Å². The second-order valence-corrected chi connectivity index (χ2v) is 6.66. The minimum Gasteiger partial charge on any atom is -0.367 e. The van der Waals surface area contributed by atoms with Gasteiger partial charge in [0.25, 0.3) is 0 Å². The molecule has 2 aliphatic heterocycles. The number of ether oxygens (including phenoxy) is 2. The van der Waals surface area contributed by atoms with E-state index in [0.717, 1.165) is 0 Å². The van der Waals surface area contributed by atoms with Crippen LogP contribution in [0.4, 0.5) is 25.8 Å². The molecule has 0 aromatic heterocycles. The van der Waals surface area contributed by atoms with Crippen molar-refractivity contribution in [3.8, 4) is 0 Å². The minimum atomic E-state index is -0.641. The molecule has 8 heteroatoms. The largest absolute Gasteiger partial charge is 0.367 e. The Hall–Kier alpha value is -2.84. The SMILES string of the molecule is CN(CC1OCCO1)c1ccc(N=CC2C(=O)Nc3cc(F)ccc32)cc1F. The second kappa shape index (κ2) is 7.65. The van der Waals surface area contributed by atoms with E-state index in [2.05, 4.69) is 10.3 Å². The van der Waals surface area contributed by atoms with Gasteiger partial charge in [0.05, 0.1) is 31.1 Å². The number of anilines is 2. The van der Waals surface area contributed by atoms with Crippen LogP contribution in [0.1, 0.15) is 11.5 Å². The third-order valence-electron chi connectivity index (χ3n) is 4.72. The van der Waals surface area contributed by atoms with Crippen LogP contribution in [0.25, 0.3) is 0 Å². The summed E-state index contributed by atoms with van der Waals surface area (Å²) in [5.74, 6) is -1.80. The van der Waals surface area contributed by atoms with E-state index in [1.807, 2.05) is 0 Å². The van der Waals surface area contributed by atoms with Crippen LogP contribution >= 0.6 is 0 Å². The Morgan fingerprint density at radius 3 is 2.75 bits per heavy atom. The maximum atomic E-state index is 14.5. The summed E-state index contributed by atoms with van der Waals surface area (Å²) in [5.41, 5.74) is 1.85. The molecule has 0 aliphatic carbocycles. The fourth-order valence-corrected chi connectivity index (χ4v) is 3.29. The Balaban J connectivity index is 1.48. The molecule has 2 aromatic carbocycles. The number of hydrogen-bond donors (Lipinski definition) is 1. The Kier molecular flexibility index (Phi) is 5.06. The number of aliphatic imine (C=N–C) groups is 1. The van der Waals surface area contributed by atoms with Crippen molar-refractivity contribution in [3.63, 3.8) is 0 Å². The lowest BCUT2D eigenvalue weighted by atomic mass is 10.0. The molecule has 1 amide bonds. The van der Waals surface area contributed by atoms with Crippen molar-refractivity contribution in [2.24, 2.45) is 4.99 Å². The molecule has 0 bridgehead atoms. The third kappa shape index (κ3) is 3.74. The Bertz CT molecular complexity index is 929. The van der Waals surface area contributed by atoms with Crippen molar-refractivity contribution < 1.29 is 23.0 Å². The van der Waals surface area contributed by atoms with Gasteiger partial charge in [0.1, 0.15) is 17.6 Å². The van der Waals surface area contributed by atoms with E-state index in [-0.39, 0.29) is 12.2 Å². The van der Waals surface area contributed by atoms with Crippen LogP contribution in [0.15, 0.2) is 41.4 Å². The molecule has 1 fully saturated rings. The van der Waals surface area contributed by atoms with Crippen molar-refractivity contribution in [2.45, 2.75) is 12.2 Å². The lowest BCUT2D eigenvalue weighted by Gasteiger charge is -2.22. The minimum absolute atomic E-state index is 0.294. The summed E-state index contributed by atoms with van der Waals surface area (Å²) in [6.45, 7) is 1.49. The maximum Gasteiger partial charge on any atom is 0.237 e. The van der Waals surface area contributed by atoms with Crippen molar-refractivity contribution in [3.05, 3.63) is 53.6 Å². The first-order valence-electron chi connectivity index (χ1n) is 8.89. The summed E-state index contributed by atoms with van der Waals surface area (Å²) in [6.07, 6.45) is 1.07. The summed E-state index contributed by atoms with van der Waals surface area (Å²) in [4.78, 5) is 18.1. The lowest BCUT2D eigenvalue weighted by Crippen LogP contribution is -2.30. The molecule has 1 atom stereocenters. The highest BCUT2D eigenvalue weighted by Gasteiger charge is 2.29. The first-order valence-corrected chi connectivity index (χ1v) is 8.89. The van der Waals surface area contributed by atoms with E-state index >= 15 is 0 Å². The highest BCUT2D eigenvalue weighted by molar-refractivity contribution is 6.12. The van der Waals surface area contributed by atoms with Crippen molar-refractivity contribution >= 4 is 29.2 Å². The van der Waals surface area contributed by atoms with Crippen molar-refractivity contribution in [2.75, 3.05) is 37.0 Å². The number of nitrogens with zero attached hydrogens (tertiary/aromatic N) is 2. The number of carbonyl (C=O) groups is 1. The molecule has 0 spiro atoms. The molecule has 28 heavy (non-hydrogen) atoms. The van der Waals surface area contributed by atoms with Crippen molar-refractivity contribution in [1.29, 1.82) is 0 Å². The Morgan fingerprint density at radius 2 is 2.00 bits per heavy atom. The Labute approximate surface area is 160 Å². The van der Waals surface area contributed by atoms with E-state index in [0.29, 0.717) is 42.4 Å². The average molecular weight is 387 g/mol. The second-order valence-electron chi connectivity index (χ2n) is 6.66. The number of carbonyl (C=O) groups excluding carboxylic acids is 1. The highest BCUT2D eigenvalue weighted by atomic mass is 19.1. The molecule has 2 aromatic rings. The molecular formula is C20H19F2N3O3. The molecule has 4 rings (SSSR count). The standard InChI is InChI=1S/C20H19F2N3O3/c1-25(11-19-27-6-7-28-19)18-5-3-13(9-16(18)22)23-10-15-14-4-2-12(21)8-17(14)24-20(15)26/h2-5,8-10,15,19H,6-7,11H2,1H3,(H,24,26). The Morgan fingerprint density at radius 1 is 1.21 bits per heavy atom. The van der Waals surface area contributed by atoms with Gasteiger partial charge in [0, 0.05) is 25.0 Å². The van der Waals surface area contributed by atoms with Gasteiger partial charge < -0.3 is 19.7 Å². The van der Waals surface area contributed by atoms with Gasteiger partial charge in [0.2, 0.25) is 5.91 Å². The van der Waals surface area contributed by atoms with E-state index in [9.17, 15) is 13.6 Å². The summed E-state index contributed by atoms with van der Waals surface area (Å²) in [5, 5.41) is 2.62. The van der Waals surface area contributed by atoms with Gasteiger partial charge in [-0.2, -0.15) is 0 Å². The van der Waals surface area contributed by atoms with Crippen LogP contribution in [0.3, 0.4) is 0 Å². The van der Waals surface area contributed by atoms with Crippen LogP contribution in [0.2, 0.25) is 0 Å². The maximum absolute atomic E-state index is 14.5. The smallest absolute Gasteiger partial charge is 0.237 e. The number of fused-ring (bicyclic) bond motifs is 1. The fourth-order valence-electron chi connectivity index (χ4n) is 3.29. The molecular weight excluding hydrogens is 368 g/mol. The number of rotatable bonds is 5. The molecule has 6 nitrogen and oxygen atoms in total. The predicted molar refractivity (Wildman–Crippen MR) is 101 cm³/mol. The number of amides is 1. The van der Waals surface area contributed by atoms with Gasteiger partial charge in [0.15, 0.2) is 6.29 Å². The molecule has 0 saturated carbocycles. The topological polar surface area (TPSA) is 63.2 Å². The van der Waals surface area contributed by atoms with Crippen LogP contribution < -0.4 is 10.2 Å². The summed E-state index contributed by atoms with van der Waals surface area (Å²) in [6, 6.07) is 8.70. The zero-order valence-corrected chi connectivity index (χ0v) is 15.2. The molecule has 1 N–H and O–H groups in total. The molecule has 1 saturated heterocycles. The van der Waals surface area contributed by atoms with Gasteiger partial charge in [-0.05, 0) is 29.8 Å². The van der Waals surface area contributed by atoms with Crippen LogP contribution in [-0.2, 0) is 14.3 Å². The van der Waals surface area contributed by atoms with Gasteiger partial charge >= 0.3 is 0 Å². The summed E-state index contributed by atoms with van der Waals surface area (Å²) < 4.78 is 38.6. The first kappa shape index (κ1) is 18.5. The molecule has 0 radical (unpaired) electrons. The van der Waals surface area contributed by atoms with Gasteiger partial charge in [-0.1, -0.05) is 6.07 Å². The first-order chi connectivity index (χ1) is 13.5. The third-order valence-corrected chi connectivity index (χ3v) is 4.72. The van der Waals surface area contributed by atoms with Gasteiger partial charge in [-0.25, -0.2) is 8.78 Å². The zero-order chi connectivity index (χ0) is 19.7. The molecule has 2 heterocycles. The number of hydrogen-bond acceptors (Lipinski definition) is 5. The normalized spacial score (nSPS) is 19.2. The number of likely N-dealkylation sites (N-methyl/N-ethyl adjacent to an activating group) is 1. The fraction of sp³-hybridized carbons (Fsp3) is 0.300. The molecule has 1 unspecified atom stereocenters. The van der Waals surface area contributed by atoms with E-state index in [1.54, 1.807) is 30.1 Å². The van der Waals surface area contributed by atoms with Crippen molar-refractivity contribution in [1.82, 2.24) is 0 Å². The van der Waals surface area contributed by atoms with Crippen LogP contribution in [-0.4, -0.2) is 45.2 Å². The monoisotopic (exact) mass is 387 g/mol. The zero-order valence-electron chi connectivity index (χ0n) is 15.2. The van der Waals surface area contributed by atoms with E-state index < -0.39 is 17.6 Å². The average Bonchev–Trinajstić information content (AvgIpc) is 3.26. The number of halogens is 2. The number of nitrogens with one attached hydrogen (secondary N) is 1. The van der Waals surface area contributed by atoms with Crippen LogP contribution in [0, 0.1) is 11.6 Å². The predicted octanol–water partition coefficient (Wildman–Crippen LogP) is 3.21. The molecule has 146 valence electrons. The molecule has 2 aliphatic rings. The van der Waals surface area contributed by atoms with E-state index in [4.69, 9.17) is 9.47 Å². The van der Waals surface area contributed by atoms with E-state index in [1.165, 1.54) is 24.4 Å². The quantitative estimate of drug-likeness (QED) is 0.801. The summed E-state index contributed by atoms with van der Waals surface area (Å²) in [7, 11) is 1.76. The lowest BCUT2D eigenvalue weighted by molar-refractivity contribution is -0.115. The highest BCUT2D eigenvalue weighted by Crippen LogP contribution is 2.32. The summed E-state index contributed by atoms with van der Waals surface area (Å²) >= 11 is 0. The van der Waals surface area contributed by atoms with Crippen LogP contribution in [0.5, 0.6) is 0 Å². The number of benzene rings is 2.